The fourth-order valence-corrected chi connectivity index (χ4v) is 2.74. The lowest BCUT2D eigenvalue weighted by molar-refractivity contribution is -0.384. The lowest BCUT2D eigenvalue weighted by atomic mass is 10.2. The Morgan fingerprint density at radius 3 is 2.74 bits per heavy atom. The fourth-order valence-electron chi connectivity index (χ4n) is 2.30. The van der Waals surface area contributed by atoms with Gasteiger partial charge in [-0.3, -0.25) is 19.6 Å². The number of benzene rings is 2. The number of hydrogen-bond acceptors (Lipinski definition) is 5. The first-order chi connectivity index (χ1) is 13.0. The second-order valence-corrected chi connectivity index (χ2v) is 6.49. The van der Waals surface area contributed by atoms with Crippen LogP contribution in [0.3, 0.4) is 0 Å². The summed E-state index contributed by atoms with van der Waals surface area (Å²) in [5.41, 5.74) is 4.30. The first kappa shape index (κ1) is 18.5. The van der Waals surface area contributed by atoms with Crippen LogP contribution < -0.4 is 5.43 Å². The van der Waals surface area contributed by atoms with Crippen molar-refractivity contribution in [2.24, 2.45) is 5.10 Å². The molecule has 0 radical (unpaired) electrons. The number of nitro groups is 1. The number of carbonyl (C=O) groups excluding carboxylic acids is 1. The molecule has 136 valence electrons. The van der Waals surface area contributed by atoms with Crippen molar-refractivity contribution < 1.29 is 9.72 Å². The van der Waals surface area contributed by atoms with Crippen LogP contribution in [0.15, 0.2) is 70.4 Å². The summed E-state index contributed by atoms with van der Waals surface area (Å²) < 4.78 is 2.64. The average molecular weight is 428 g/mol. The summed E-state index contributed by atoms with van der Waals surface area (Å²) in [6.45, 7) is 0.540. The van der Waals surface area contributed by atoms with E-state index >= 15 is 0 Å². The Labute approximate surface area is 162 Å². The SMILES string of the molecule is O=C(N/N=C\c1ccc([N+](=O)[O-])cc1)c1ccn(Cc2cccc(Br)c2)n1. The van der Waals surface area contributed by atoms with Gasteiger partial charge in [-0.15, -0.1) is 0 Å². The quantitative estimate of drug-likeness (QED) is 0.370. The molecule has 27 heavy (non-hydrogen) atoms. The molecule has 9 heteroatoms. The largest absolute Gasteiger partial charge is 0.291 e. The van der Waals surface area contributed by atoms with Crippen molar-refractivity contribution in [2.45, 2.75) is 6.54 Å². The van der Waals surface area contributed by atoms with Gasteiger partial charge in [-0.25, -0.2) is 5.43 Å². The smallest absolute Gasteiger partial charge is 0.268 e. The number of nitro benzene ring substituents is 1. The number of aromatic nitrogens is 2. The second kappa shape index (κ2) is 8.37. The number of carbonyl (C=O) groups is 1. The van der Waals surface area contributed by atoms with Gasteiger partial charge in [0.25, 0.3) is 11.6 Å². The van der Waals surface area contributed by atoms with Gasteiger partial charge in [0.1, 0.15) is 0 Å². The van der Waals surface area contributed by atoms with Crippen LogP contribution >= 0.6 is 15.9 Å². The van der Waals surface area contributed by atoms with Crippen molar-refractivity contribution in [1.29, 1.82) is 0 Å². The molecule has 0 spiro atoms. The van der Waals surface area contributed by atoms with Gasteiger partial charge < -0.3 is 0 Å². The van der Waals surface area contributed by atoms with Crippen molar-refractivity contribution in [3.63, 3.8) is 0 Å². The van der Waals surface area contributed by atoms with Crippen molar-refractivity contribution in [1.82, 2.24) is 15.2 Å². The molecule has 0 bridgehead atoms. The highest BCUT2D eigenvalue weighted by molar-refractivity contribution is 9.10. The molecule has 1 aromatic heterocycles. The summed E-state index contributed by atoms with van der Waals surface area (Å²) in [6.07, 6.45) is 3.12. The van der Waals surface area contributed by atoms with E-state index in [1.54, 1.807) is 29.1 Å². The minimum absolute atomic E-state index is 0.00725. The summed E-state index contributed by atoms with van der Waals surface area (Å²) in [6, 6.07) is 15.3. The fraction of sp³-hybridized carbons (Fsp3) is 0.0556. The third-order valence-corrected chi connectivity index (χ3v) is 4.08. The molecule has 3 aromatic rings. The van der Waals surface area contributed by atoms with Crippen LogP contribution in [0.2, 0.25) is 0 Å². The van der Waals surface area contributed by atoms with Gasteiger partial charge in [0.05, 0.1) is 17.7 Å². The van der Waals surface area contributed by atoms with Crippen LogP contribution in [0.25, 0.3) is 0 Å². The first-order valence-electron chi connectivity index (χ1n) is 7.87. The maximum absolute atomic E-state index is 12.1. The maximum Gasteiger partial charge on any atom is 0.291 e. The standard InChI is InChI=1S/C18H14BrN5O3/c19-15-3-1-2-14(10-15)12-23-9-8-17(22-23)18(25)21-20-11-13-4-6-16(7-5-13)24(26)27/h1-11H,12H2,(H,21,25)/b20-11-. The molecular formula is C18H14BrN5O3. The number of nitrogens with one attached hydrogen (secondary N) is 1. The Morgan fingerprint density at radius 2 is 2.04 bits per heavy atom. The van der Waals surface area contributed by atoms with Gasteiger partial charge in [-0.2, -0.15) is 10.2 Å². The zero-order valence-electron chi connectivity index (χ0n) is 13.9. The van der Waals surface area contributed by atoms with E-state index in [-0.39, 0.29) is 11.4 Å². The predicted octanol–water partition coefficient (Wildman–Crippen LogP) is 3.37. The molecule has 1 N–H and O–H groups in total. The monoisotopic (exact) mass is 427 g/mol. The zero-order chi connectivity index (χ0) is 19.2. The Balaban J connectivity index is 1.58. The predicted molar refractivity (Wildman–Crippen MR) is 104 cm³/mol. The molecule has 0 fully saturated rings. The summed E-state index contributed by atoms with van der Waals surface area (Å²) in [7, 11) is 0. The highest BCUT2D eigenvalue weighted by Gasteiger charge is 2.09. The van der Waals surface area contributed by atoms with Gasteiger partial charge in [0.2, 0.25) is 0 Å². The number of hydrazone groups is 1. The maximum atomic E-state index is 12.1. The Morgan fingerprint density at radius 1 is 1.26 bits per heavy atom. The Kier molecular flexibility index (Phi) is 5.72. The summed E-state index contributed by atoms with van der Waals surface area (Å²) >= 11 is 3.42. The van der Waals surface area contributed by atoms with Crippen LogP contribution in [0.5, 0.6) is 0 Å². The lowest BCUT2D eigenvalue weighted by Gasteiger charge is -2.02. The Hall–Kier alpha value is -3.33. The van der Waals surface area contributed by atoms with Crippen molar-refractivity contribution in [2.75, 3.05) is 0 Å². The van der Waals surface area contributed by atoms with Gasteiger partial charge >= 0.3 is 0 Å². The molecule has 0 aliphatic rings. The second-order valence-electron chi connectivity index (χ2n) is 5.58. The third kappa shape index (κ3) is 5.08. The summed E-state index contributed by atoms with van der Waals surface area (Å²) in [5.74, 6) is -0.443. The minimum atomic E-state index is -0.479. The third-order valence-electron chi connectivity index (χ3n) is 3.59. The number of halogens is 1. The topological polar surface area (TPSA) is 102 Å². The molecule has 1 heterocycles. The summed E-state index contributed by atoms with van der Waals surface area (Å²) in [4.78, 5) is 22.2. The van der Waals surface area contributed by atoms with E-state index in [1.807, 2.05) is 24.3 Å². The molecule has 3 rings (SSSR count). The van der Waals surface area contributed by atoms with Crippen molar-refractivity contribution in [3.8, 4) is 0 Å². The van der Waals surface area contributed by atoms with E-state index in [0.717, 1.165) is 10.0 Å². The number of non-ortho nitro benzene ring substituents is 1. The van der Waals surface area contributed by atoms with Crippen molar-refractivity contribution >= 4 is 33.7 Å². The highest BCUT2D eigenvalue weighted by Crippen LogP contribution is 2.13. The van der Waals surface area contributed by atoms with E-state index in [9.17, 15) is 14.9 Å². The van der Waals surface area contributed by atoms with E-state index in [0.29, 0.717) is 12.1 Å². The molecule has 2 aromatic carbocycles. The van der Waals surface area contributed by atoms with Crippen LogP contribution in [0.4, 0.5) is 5.69 Å². The van der Waals surface area contributed by atoms with Gasteiger partial charge in [0, 0.05) is 22.8 Å². The van der Waals surface area contributed by atoms with E-state index in [1.165, 1.54) is 18.3 Å². The van der Waals surface area contributed by atoms with Crippen LogP contribution in [0, 0.1) is 10.1 Å². The van der Waals surface area contributed by atoms with Gasteiger partial charge in [-0.05, 0) is 41.5 Å². The number of amides is 1. The molecule has 0 unspecified atom stereocenters. The summed E-state index contributed by atoms with van der Waals surface area (Å²) in [5, 5.41) is 18.7. The molecular weight excluding hydrogens is 414 g/mol. The van der Waals surface area contributed by atoms with Crippen molar-refractivity contribution in [3.05, 3.63) is 92.2 Å². The molecule has 0 saturated heterocycles. The van der Waals surface area contributed by atoms with E-state index in [4.69, 9.17) is 0 Å². The molecule has 8 nitrogen and oxygen atoms in total. The minimum Gasteiger partial charge on any atom is -0.268 e. The molecule has 1 amide bonds. The number of nitrogens with zero attached hydrogens (tertiary/aromatic N) is 4. The van der Waals surface area contributed by atoms with E-state index in [2.05, 4.69) is 31.6 Å². The van der Waals surface area contributed by atoms with E-state index < -0.39 is 10.8 Å². The van der Waals surface area contributed by atoms with Crippen LogP contribution in [-0.2, 0) is 6.54 Å². The average Bonchev–Trinajstić information content (AvgIpc) is 3.10. The van der Waals surface area contributed by atoms with Crippen LogP contribution in [-0.4, -0.2) is 26.8 Å². The zero-order valence-corrected chi connectivity index (χ0v) is 15.5. The van der Waals surface area contributed by atoms with Gasteiger partial charge in [-0.1, -0.05) is 28.1 Å². The highest BCUT2D eigenvalue weighted by atomic mass is 79.9. The number of rotatable bonds is 6. The molecule has 0 atom stereocenters. The van der Waals surface area contributed by atoms with Crippen LogP contribution in [0.1, 0.15) is 21.6 Å². The first-order valence-corrected chi connectivity index (χ1v) is 8.66. The number of hydrogen-bond donors (Lipinski definition) is 1. The molecule has 0 aliphatic carbocycles. The molecule has 0 aliphatic heterocycles. The normalized spacial score (nSPS) is 10.9. The Bertz CT molecular complexity index is 998. The van der Waals surface area contributed by atoms with Gasteiger partial charge in [0.15, 0.2) is 5.69 Å². The molecule has 0 saturated carbocycles. The lowest BCUT2D eigenvalue weighted by Crippen LogP contribution is -2.18.